The maximum absolute atomic E-state index is 15.3. The topological polar surface area (TPSA) is 92.5 Å². The molecule has 12 heteroatoms. The van der Waals surface area contributed by atoms with E-state index in [-0.39, 0.29) is 16.0 Å². The Morgan fingerprint density at radius 3 is 2.95 bits per heavy atom. The summed E-state index contributed by atoms with van der Waals surface area (Å²) in [7, 11) is 2.09. The Hall–Kier alpha value is -3.12. The molecule has 5 aromatic rings. The number of aromatic nitrogens is 4. The van der Waals surface area contributed by atoms with E-state index in [0.29, 0.717) is 40.3 Å². The zero-order valence-corrected chi connectivity index (χ0v) is 24.1. The number of fused-ring (bicyclic) bond motifs is 5. The maximum atomic E-state index is 15.3. The molecule has 206 valence electrons. The van der Waals surface area contributed by atoms with Gasteiger partial charge in [0.15, 0.2) is 11.5 Å². The molecule has 1 saturated heterocycles. The van der Waals surface area contributed by atoms with E-state index in [1.807, 2.05) is 6.07 Å². The molecule has 1 aromatic carbocycles. The number of halogens is 2. The quantitative estimate of drug-likeness (QED) is 0.246. The first-order valence-corrected chi connectivity index (χ1v) is 15.2. The van der Waals surface area contributed by atoms with Crippen LogP contribution in [0.3, 0.4) is 0 Å². The monoisotopic (exact) mass is 596 g/mol. The predicted molar refractivity (Wildman–Crippen MR) is 158 cm³/mol. The number of thiazole rings is 1. The highest BCUT2D eigenvalue weighted by Gasteiger charge is 2.25. The molecule has 40 heavy (non-hydrogen) atoms. The van der Waals surface area contributed by atoms with Gasteiger partial charge in [-0.05, 0) is 57.1 Å². The Morgan fingerprint density at radius 1 is 1.30 bits per heavy atom. The fourth-order valence-corrected chi connectivity index (χ4v) is 7.53. The lowest BCUT2D eigenvalue weighted by Crippen LogP contribution is -2.34. The maximum Gasteiger partial charge on any atom is 0.258 e. The Morgan fingerprint density at radius 2 is 2.17 bits per heavy atom. The van der Waals surface area contributed by atoms with Crippen molar-refractivity contribution in [3.63, 3.8) is 0 Å². The van der Waals surface area contributed by atoms with Crippen molar-refractivity contribution in [3.8, 4) is 0 Å². The second-order valence-corrected chi connectivity index (χ2v) is 12.4. The smallest absolute Gasteiger partial charge is 0.258 e. The fraction of sp³-hybridized carbons (Fsp3) is 0.321. The first-order valence-electron chi connectivity index (χ1n) is 13.0. The van der Waals surface area contributed by atoms with Crippen LogP contribution in [0.4, 0.5) is 4.39 Å². The van der Waals surface area contributed by atoms with Crippen molar-refractivity contribution in [2.75, 3.05) is 25.9 Å². The summed E-state index contributed by atoms with van der Waals surface area (Å²) >= 11 is 8.81. The lowest BCUT2D eigenvalue weighted by atomic mass is 10.1. The largest absolute Gasteiger partial charge is 0.352 e. The van der Waals surface area contributed by atoms with Crippen molar-refractivity contribution >= 4 is 66.7 Å². The van der Waals surface area contributed by atoms with E-state index >= 15 is 4.39 Å². The summed E-state index contributed by atoms with van der Waals surface area (Å²) in [5, 5.41) is 3.72. The number of pyridine rings is 2. The van der Waals surface area contributed by atoms with Gasteiger partial charge in [-0.1, -0.05) is 11.6 Å². The number of hydrogen-bond acceptors (Lipinski definition) is 8. The molecule has 1 N–H and O–H groups in total. The number of hydrogen-bond donors (Lipinski definition) is 1. The Bertz CT molecular complexity index is 1800. The zero-order chi connectivity index (χ0) is 27.8. The number of likely N-dealkylation sites (tertiary alicyclic amines) is 1. The van der Waals surface area contributed by atoms with E-state index in [1.165, 1.54) is 29.2 Å². The van der Waals surface area contributed by atoms with Crippen LogP contribution in [-0.2, 0) is 6.42 Å². The van der Waals surface area contributed by atoms with E-state index in [9.17, 15) is 9.59 Å². The molecule has 0 bridgehead atoms. The van der Waals surface area contributed by atoms with E-state index in [2.05, 4.69) is 32.2 Å². The molecule has 8 nitrogen and oxygen atoms in total. The molecule has 0 radical (unpaired) electrons. The third-order valence-corrected chi connectivity index (χ3v) is 9.60. The van der Waals surface area contributed by atoms with Crippen LogP contribution in [0.1, 0.15) is 35.3 Å². The van der Waals surface area contributed by atoms with Gasteiger partial charge in [-0.2, -0.15) is 0 Å². The van der Waals surface area contributed by atoms with Crippen LogP contribution >= 0.6 is 34.7 Å². The Labute approximate surface area is 242 Å². The third-order valence-electron chi connectivity index (χ3n) is 7.27. The number of carbonyl (C=O) groups is 1. The number of aryl methyl sites for hydroxylation is 1. The summed E-state index contributed by atoms with van der Waals surface area (Å²) in [5.41, 5.74) is 1.30. The number of benzene rings is 1. The molecular weight excluding hydrogens is 571 g/mol. The number of thioether (sulfide) groups is 1. The van der Waals surface area contributed by atoms with Gasteiger partial charge >= 0.3 is 0 Å². The standard InChI is InChI=1S/C28H26ClFN6O2S2/c1-35-11-2-3-18(35)6-8-33-26(38)23-24(37)19-14-20(30)27(39-12-7-17-15-31-9-10-32-17)34-25(19)36-21-5-4-16(29)13-22(21)40-28(23)36/h4-5,9-10,13-15,18H,2-3,6-8,11-12H2,1H3,(H,33,38). The molecule has 5 heterocycles. The number of carbonyl (C=O) groups excluding carboxylic acids is 1. The summed E-state index contributed by atoms with van der Waals surface area (Å²) in [5.74, 6) is -0.541. The number of rotatable bonds is 8. The van der Waals surface area contributed by atoms with Gasteiger partial charge in [-0.15, -0.1) is 23.1 Å². The van der Waals surface area contributed by atoms with Gasteiger partial charge in [0.2, 0.25) is 5.43 Å². The summed E-state index contributed by atoms with van der Waals surface area (Å²) < 4.78 is 17.9. The van der Waals surface area contributed by atoms with Crippen LogP contribution in [0.5, 0.6) is 0 Å². The summed E-state index contributed by atoms with van der Waals surface area (Å²) in [6.45, 7) is 1.50. The van der Waals surface area contributed by atoms with Crippen LogP contribution in [0, 0.1) is 5.82 Å². The van der Waals surface area contributed by atoms with Gasteiger partial charge in [0.1, 0.15) is 15.4 Å². The highest BCUT2D eigenvalue weighted by molar-refractivity contribution is 7.99. The molecule has 1 unspecified atom stereocenters. The molecule has 4 aromatic heterocycles. The van der Waals surface area contributed by atoms with E-state index in [4.69, 9.17) is 11.6 Å². The van der Waals surface area contributed by atoms with Crippen molar-refractivity contribution < 1.29 is 9.18 Å². The molecule has 1 fully saturated rings. The molecule has 6 rings (SSSR count). The molecule has 0 aliphatic carbocycles. The average molecular weight is 597 g/mol. The lowest BCUT2D eigenvalue weighted by molar-refractivity contribution is 0.0951. The second-order valence-electron chi connectivity index (χ2n) is 9.82. The number of nitrogens with zero attached hydrogens (tertiary/aromatic N) is 5. The highest BCUT2D eigenvalue weighted by Crippen LogP contribution is 2.34. The fourth-order valence-electron chi connectivity index (χ4n) is 5.22. The Balaban J connectivity index is 1.40. The molecular formula is C28H26ClFN6O2S2. The zero-order valence-electron chi connectivity index (χ0n) is 21.7. The molecule has 1 aliphatic rings. The van der Waals surface area contributed by atoms with Gasteiger partial charge in [0.05, 0.1) is 21.3 Å². The first-order chi connectivity index (χ1) is 19.4. The van der Waals surface area contributed by atoms with Gasteiger partial charge in [-0.25, -0.2) is 9.37 Å². The van der Waals surface area contributed by atoms with Crippen molar-refractivity contribution in [1.82, 2.24) is 29.6 Å². The minimum Gasteiger partial charge on any atom is -0.352 e. The number of nitrogens with one attached hydrogen (secondary N) is 1. The third kappa shape index (κ3) is 5.18. The minimum atomic E-state index is -0.605. The van der Waals surface area contributed by atoms with Crippen molar-refractivity contribution in [2.24, 2.45) is 0 Å². The van der Waals surface area contributed by atoms with Crippen molar-refractivity contribution in [3.05, 3.63) is 75.2 Å². The summed E-state index contributed by atoms with van der Waals surface area (Å²) in [6, 6.07) is 6.98. The highest BCUT2D eigenvalue weighted by atomic mass is 35.5. The van der Waals surface area contributed by atoms with Crippen LogP contribution in [0.25, 0.3) is 26.1 Å². The first kappa shape index (κ1) is 27.1. The SMILES string of the molecule is CN1CCCC1CCNC(=O)c1c(=O)c2cc(F)c(SCCc3cnccn3)nc2n2c1sc1cc(Cl)ccc12. The Kier molecular flexibility index (Phi) is 7.71. The normalized spacial score (nSPS) is 15.9. The molecule has 1 amide bonds. The second kappa shape index (κ2) is 11.4. The van der Waals surface area contributed by atoms with Gasteiger partial charge in [0, 0.05) is 48.4 Å². The minimum absolute atomic E-state index is 0.00569. The summed E-state index contributed by atoms with van der Waals surface area (Å²) in [6.07, 6.45) is 8.52. The van der Waals surface area contributed by atoms with E-state index < -0.39 is 17.2 Å². The number of amides is 1. The van der Waals surface area contributed by atoms with Crippen LogP contribution < -0.4 is 10.7 Å². The molecule has 1 aliphatic heterocycles. The van der Waals surface area contributed by atoms with Crippen LogP contribution in [-0.4, -0.2) is 62.1 Å². The van der Waals surface area contributed by atoms with Gasteiger partial charge in [0.25, 0.3) is 5.91 Å². The average Bonchev–Trinajstić information content (AvgIpc) is 3.52. The van der Waals surface area contributed by atoms with Gasteiger partial charge < -0.3 is 10.2 Å². The predicted octanol–water partition coefficient (Wildman–Crippen LogP) is 5.19. The van der Waals surface area contributed by atoms with Crippen molar-refractivity contribution in [1.29, 1.82) is 0 Å². The molecule has 0 spiro atoms. The van der Waals surface area contributed by atoms with E-state index in [1.54, 1.807) is 35.1 Å². The van der Waals surface area contributed by atoms with Crippen molar-refractivity contribution in [2.45, 2.75) is 36.8 Å². The summed E-state index contributed by atoms with van der Waals surface area (Å²) in [4.78, 5) is 42.9. The van der Waals surface area contributed by atoms with Crippen LogP contribution in [0.2, 0.25) is 5.02 Å². The molecule has 0 saturated carbocycles. The van der Waals surface area contributed by atoms with Gasteiger partial charge in [-0.3, -0.25) is 24.0 Å². The molecule has 1 atom stereocenters. The van der Waals surface area contributed by atoms with Crippen LogP contribution in [0.15, 0.2) is 52.7 Å². The van der Waals surface area contributed by atoms with E-state index in [0.717, 1.165) is 41.7 Å². The lowest BCUT2D eigenvalue weighted by Gasteiger charge is -2.19.